The van der Waals surface area contributed by atoms with E-state index in [1.165, 1.54) is 0 Å². The molecule has 0 amide bonds. The third kappa shape index (κ3) is 6.36. The predicted octanol–water partition coefficient (Wildman–Crippen LogP) is 6.59. The summed E-state index contributed by atoms with van der Waals surface area (Å²) >= 11 is 0. The van der Waals surface area contributed by atoms with Crippen LogP contribution in [0.5, 0.6) is 23.0 Å². The summed E-state index contributed by atoms with van der Waals surface area (Å²) in [6, 6.07) is 32.4. The van der Waals surface area contributed by atoms with E-state index in [0.717, 1.165) is 44.5 Å². The molecule has 192 valence electrons. The molecule has 4 nitrogen and oxygen atoms in total. The van der Waals surface area contributed by atoms with Gasteiger partial charge in [0.25, 0.3) is 0 Å². The lowest BCUT2D eigenvalue weighted by Crippen LogP contribution is -2.68. The summed E-state index contributed by atoms with van der Waals surface area (Å²) in [6.45, 7) is 12.2. The average Bonchev–Trinajstić information content (AvgIpc) is 2.87. The second-order valence-corrected chi connectivity index (χ2v) is 12.5. The van der Waals surface area contributed by atoms with Crippen LogP contribution in [0.3, 0.4) is 0 Å². The Balaban J connectivity index is 1.82. The van der Waals surface area contributed by atoms with Gasteiger partial charge >= 0.3 is 8.56 Å². The van der Waals surface area contributed by atoms with Crippen LogP contribution >= 0.6 is 0 Å². The Kier molecular flexibility index (Phi) is 8.24. The Morgan fingerprint density at radius 3 is 1.22 bits per heavy atom. The molecule has 0 radical (unpaired) electrons. The molecular weight excluding hydrogens is 476 g/mol. The second kappa shape index (κ2) is 11.6. The van der Waals surface area contributed by atoms with Gasteiger partial charge in [0, 0.05) is 10.4 Å². The van der Waals surface area contributed by atoms with E-state index in [0.29, 0.717) is 0 Å². The van der Waals surface area contributed by atoms with E-state index in [1.807, 2.05) is 114 Å². The van der Waals surface area contributed by atoms with Crippen LogP contribution in [0, 0.1) is 13.8 Å². The maximum absolute atomic E-state index is 6.98. The number of hydrogen-bond donors (Lipinski definition) is 0. The first-order chi connectivity index (χ1) is 17.8. The monoisotopic (exact) mass is 512 g/mol. The molecule has 0 spiro atoms. The highest BCUT2D eigenvalue weighted by molar-refractivity contribution is 6.93. The van der Waals surface area contributed by atoms with E-state index in [-0.39, 0.29) is 12.2 Å². The van der Waals surface area contributed by atoms with E-state index >= 15 is 0 Å². The quantitative estimate of drug-likeness (QED) is 0.225. The van der Waals surface area contributed by atoms with Crippen LogP contribution in [0.1, 0.15) is 38.8 Å². The Morgan fingerprint density at radius 1 is 0.514 bits per heavy atom. The zero-order valence-corrected chi connectivity index (χ0v) is 23.5. The molecule has 4 aromatic rings. The van der Waals surface area contributed by atoms with Crippen LogP contribution < -0.4 is 28.7 Å². The number of benzene rings is 4. The van der Waals surface area contributed by atoms with Gasteiger partial charge < -0.3 is 18.3 Å². The number of aryl methyl sites for hydroxylation is 2. The van der Waals surface area contributed by atoms with Crippen LogP contribution in [-0.4, -0.2) is 20.8 Å². The number of hydrogen-bond acceptors (Lipinski definition) is 4. The molecular formula is C32H36O4Si. The van der Waals surface area contributed by atoms with E-state index in [2.05, 4.69) is 24.3 Å². The molecule has 0 aliphatic carbocycles. The van der Waals surface area contributed by atoms with Gasteiger partial charge in [-0.25, -0.2) is 0 Å². The lowest BCUT2D eigenvalue weighted by Gasteiger charge is -2.32. The highest BCUT2D eigenvalue weighted by Gasteiger charge is 2.47. The molecule has 0 aliphatic rings. The Labute approximate surface area is 222 Å². The molecule has 0 aromatic heterocycles. The van der Waals surface area contributed by atoms with Crippen LogP contribution in [0.15, 0.2) is 97.1 Å². The molecule has 0 heterocycles. The summed E-state index contributed by atoms with van der Waals surface area (Å²) < 4.78 is 25.9. The molecule has 4 rings (SSSR count). The van der Waals surface area contributed by atoms with Crippen molar-refractivity contribution in [2.75, 3.05) is 0 Å². The summed E-state index contributed by atoms with van der Waals surface area (Å²) in [4.78, 5) is 0. The molecule has 0 bridgehead atoms. The molecule has 0 fully saturated rings. The van der Waals surface area contributed by atoms with Crippen molar-refractivity contribution in [2.24, 2.45) is 0 Å². The lowest BCUT2D eigenvalue weighted by atomic mass is 10.2. The van der Waals surface area contributed by atoms with Crippen LogP contribution in [-0.2, 0) is 0 Å². The van der Waals surface area contributed by atoms with Gasteiger partial charge in [0.2, 0.25) is 0 Å². The highest BCUT2D eigenvalue weighted by Crippen LogP contribution is 2.29. The molecule has 0 atom stereocenters. The van der Waals surface area contributed by atoms with Crippen molar-refractivity contribution >= 4 is 18.9 Å². The number of ether oxygens (including phenoxy) is 2. The zero-order chi connectivity index (χ0) is 26.4. The standard InChI is InChI=1S/C32H36O4Si/c1-23(2)33-31-19-17-27(21-25(31)5)35-37(29-13-9-7-10-14-29,30-15-11-8-12-16-30)36-28-18-20-32(26(6)22-28)34-24(3)4/h7-24H,1-6H3. The smallest absolute Gasteiger partial charge is 0.506 e. The summed E-state index contributed by atoms with van der Waals surface area (Å²) in [5.74, 6) is 3.19. The summed E-state index contributed by atoms with van der Waals surface area (Å²) in [5, 5.41) is 2.03. The maximum atomic E-state index is 6.98. The van der Waals surface area contributed by atoms with Gasteiger partial charge in [0.05, 0.1) is 12.2 Å². The van der Waals surface area contributed by atoms with Gasteiger partial charge in [0.1, 0.15) is 23.0 Å². The summed E-state index contributed by atoms with van der Waals surface area (Å²) in [5.41, 5.74) is 2.03. The lowest BCUT2D eigenvalue weighted by molar-refractivity contribution is 0.240. The average molecular weight is 513 g/mol. The van der Waals surface area contributed by atoms with Crippen LogP contribution in [0.2, 0.25) is 0 Å². The minimum Gasteiger partial charge on any atom is -0.506 e. The molecule has 5 heteroatoms. The molecule has 0 aliphatic heterocycles. The van der Waals surface area contributed by atoms with Crippen molar-refractivity contribution in [3.63, 3.8) is 0 Å². The fourth-order valence-corrected chi connectivity index (χ4v) is 7.24. The van der Waals surface area contributed by atoms with Crippen molar-refractivity contribution in [3.05, 3.63) is 108 Å². The highest BCUT2D eigenvalue weighted by atomic mass is 28.4. The van der Waals surface area contributed by atoms with Crippen LogP contribution in [0.4, 0.5) is 0 Å². The topological polar surface area (TPSA) is 36.9 Å². The maximum Gasteiger partial charge on any atom is 0.531 e. The van der Waals surface area contributed by atoms with Gasteiger partial charge in [-0.05, 0) is 89.1 Å². The van der Waals surface area contributed by atoms with Gasteiger partial charge in [-0.1, -0.05) is 60.7 Å². The van der Waals surface area contributed by atoms with E-state index in [1.54, 1.807) is 0 Å². The molecule has 4 aromatic carbocycles. The predicted molar refractivity (Wildman–Crippen MR) is 153 cm³/mol. The first kappa shape index (κ1) is 26.4. The van der Waals surface area contributed by atoms with Gasteiger partial charge in [0.15, 0.2) is 0 Å². The largest absolute Gasteiger partial charge is 0.531 e. The Hall–Kier alpha value is -3.70. The number of rotatable bonds is 10. The summed E-state index contributed by atoms with van der Waals surface area (Å²) in [6.07, 6.45) is 0.198. The van der Waals surface area contributed by atoms with Gasteiger partial charge in [-0.15, -0.1) is 0 Å². The molecule has 37 heavy (non-hydrogen) atoms. The van der Waals surface area contributed by atoms with Crippen molar-refractivity contribution in [3.8, 4) is 23.0 Å². The third-order valence-corrected chi connectivity index (χ3v) is 9.08. The van der Waals surface area contributed by atoms with E-state index in [4.69, 9.17) is 18.3 Å². The van der Waals surface area contributed by atoms with E-state index in [9.17, 15) is 0 Å². The normalized spacial score (nSPS) is 11.5. The third-order valence-electron chi connectivity index (χ3n) is 5.85. The molecule has 0 unspecified atom stereocenters. The summed E-state index contributed by atoms with van der Waals surface area (Å²) in [7, 11) is -3.26. The first-order valence-corrected chi connectivity index (χ1v) is 14.6. The Morgan fingerprint density at radius 2 is 0.892 bits per heavy atom. The van der Waals surface area contributed by atoms with Crippen LogP contribution in [0.25, 0.3) is 0 Å². The zero-order valence-electron chi connectivity index (χ0n) is 22.5. The minimum absolute atomic E-state index is 0.0989. The fourth-order valence-electron chi connectivity index (χ4n) is 4.21. The van der Waals surface area contributed by atoms with Crippen molar-refractivity contribution in [1.29, 1.82) is 0 Å². The molecule has 0 saturated heterocycles. The van der Waals surface area contributed by atoms with Crippen molar-refractivity contribution in [2.45, 2.75) is 53.8 Å². The Bertz CT molecular complexity index is 1200. The van der Waals surface area contributed by atoms with Gasteiger partial charge in [-0.2, -0.15) is 0 Å². The van der Waals surface area contributed by atoms with Crippen molar-refractivity contribution in [1.82, 2.24) is 0 Å². The van der Waals surface area contributed by atoms with Gasteiger partial charge in [-0.3, -0.25) is 0 Å². The molecule has 0 saturated carbocycles. The minimum atomic E-state index is -3.26. The fraction of sp³-hybridized carbons (Fsp3) is 0.250. The van der Waals surface area contributed by atoms with Crippen molar-refractivity contribution < 1.29 is 18.3 Å². The first-order valence-electron chi connectivity index (χ1n) is 12.8. The molecule has 0 N–H and O–H groups in total. The second-order valence-electron chi connectivity index (χ2n) is 9.74. The van der Waals surface area contributed by atoms with E-state index < -0.39 is 8.56 Å². The SMILES string of the molecule is Cc1cc(O[Si](Oc2ccc(OC(C)C)c(C)c2)(c2ccccc2)c2ccccc2)ccc1OC(C)C.